The van der Waals surface area contributed by atoms with Gasteiger partial charge in [-0.25, -0.2) is 4.79 Å². The molecule has 1 saturated carbocycles. The van der Waals surface area contributed by atoms with Crippen molar-refractivity contribution in [3.63, 3.8) is 0 Å². The highest BCUT2D eigenvalue weighted by molar-refractivity contribution is 6.00. The summed E-state index contributed by atoms with van der Waals surface area (Å²) in [6.45, 7) is 0.0921. The molecule has 130 valence electrons. The van der Waals surface area contributed by atoms with E-state index < -0.39 is 18.1 Å². The largest absolute Gasteiger partial charge is 0.478 e. The summed E-state index contributed by atoms with van der Waals surface area (Å²) in [7, 11) is 0. The van der Waals surface area contributed by atoms with Crippen LogP contribution < -0.4 is 0 Å². The van der Waals surface area contributed by atoms with Crippen molar-refractivity contribution in [3.8, 4) is 0 Å². The Balaban J connectivity index is 1.81. The molecule has 1 aliphatic carbocycles. The van der Waals surface area contributed by atoms with Crippen LogP contribution in [0.15, 0.2) is 18.2 Å². The molecule has 1 aromatic rings. The van der Waals surface area contributed by atoms with Crippen molar-refractivity contribution in [3.05, 3.63) is 34.9 Å². The van der Waals surface area contributed by atoms with Gasteiger partial charge in [0.05, 0.1) is 11.5 Å². The summed E-state index contributed by atoms with van der Waals surface area (Å²) in [4.78, 5) is 25.6. The van der Waals surface area contributed by atoms with Crippen LogP contribution in [0.3, 0.4) is 0 Å². The fourth-order valence-electron chi connectivity index (χ4n) is 3.33. The molecule has 4 nitrogen and oxygen atoms in total. The van der Waals surface area contributed by atoms with Gasteiger partial charge in [0.25, 0.3) is 5.91 Å². The van der Waals surface area contributed by atoms with Crippen molar-refractivity contribution in [1.29, 1.82) is 0 Å². The Morgan fingerprint density at radius 1 is 1.04 bits per heavy atom. The lowest BCUT2D eigenvalue weighted by Gasteiger charge is -2.33. The van der Waals surface area contributed by atoms with E-state index in [2.05, 4.69) is 0 Å². The minimum absolute atomic E-state index is 0.0460. The first-order valence-electron chi connectivity index (χ1n) is 8.01. The van der Waals surface area contributed by atoms with E-state index in [1.807, 2.05) is 0 Å². The van der Waals surface area contributed by atoms with Crippen molar-refractivity contribution < 1.29 is 27.9 Å². The number of carboxylic acid groups (broad SMARTS) is 1. The molecule has 0 bridgehead atoms. The molecule has 0 atom stereocenters. The molecular weight excluding hydrogens is 323 g/mol. The lowest BCUT2D eigenvalue weighted by Crippen LogP contribution is -2.42. The molecule has 1 saturated heterocycles. The lowest BCUT2D eigenvalue weighted by atomic mass is 9.93. The lowest BCUT2D eigenvalue weighted by molar-refractivity contribution is -0.183. The van der Waals surface area contributed by atoms with Crippen molar-refractivity contribution >= 4 is 11.9 Å². The van der Waals surface area contributed by atoms with Gasteiger partial charge in [-0.15, -0.1) is 0 Å². The van der Waals surface area contributed by atoms with Crippen molar-refractivity contribution in [2.75, 3.05) is 13.1 Å². The van der Waals surface area contributed by atoms with E-state index in [-0.39, 0.29) is 43.3 Å². The number of nitrogens with zero attached hydrogens (tertiary/aromatic N) is 1. The van der Waals surface area contributed by atoms with Crippen LogP contribution in [-0.4, -0.2) is 41.1 Å². The standard InChI is InChI=1S/C17H18F3NO3/c18-17(19,20)11-6-8-21(9-7-11)15(22)12-2-1-3-13(16(23)24)14(12)10-4-5-10/h1-3,10-11H,4-9H2,(H,23,24). The molecule has 7 heteroatoms. The van der Waals surface area contributed by atoms with Crippen LogP contribution in [0, 0.1) is 5.92 Å². The van der Waals surface area contributed by atoms with E-state index in [4.69, 9.17) is 0 Å². The Kier molecular flexibility index (Phi) is 4.27. The number of rotatable bonds is 3. The third-order valence-electron chi connectivity index (χ3n) is 4.80. The van der Waals surface area contributed by atoms with E-state index in [0.29, 0.717) is 11.1 Å². The van der Waals surface area contributed by atoms with Crippen molar-refractivity contribution in [2.24, 2.45) is 5.92 Å². The van der Waals surface area contributed by atoms with Gasteiger partial charge in [0.2, 0.25) is 0 Å². The predicted molar refractivity (Wildman–Crippen MR) is 80.1 cm³/mol. The molecule has 1 aliphatic heterocycles. The predicted octanol–water partition coefficient (Wildman–Crippen LogP) is 3.68. The molecule has 3 rings (SSSR count). The molecule has 1 heterocycles. The first-order valence-corrected chi connectivity index (χ1v) is 8.01. The fraction of sp³-hybridized carbons (Fsp3) is 0.529. The summed E-state index contributed by atoms with van der Waals surface area (Å²) in [6.07, 6.45) is -2.77. The maximum absolute atomic E-state index is 12.7. The van der Waals surface area contributed by atoms with Crippen molar-refractivity contribution in [2.45, 2.75) is 37.8 Å². The van der Waals surface area contributed by atoms with Gasteiger partial charge >= 0.3 is 12.1 Å². The summed E-state index contributed by atoms with van der Waals surface area (Å²) < 4.78 is 38.2. The molecular formula is C17H18F3NO3. The second-order valence-electron chi connectivity index (χ2n) is 6.45. The molecule has 2 aliphatic rings. The zero-order chi connectivity index (χ0) is 17.5. The van der Waals surface area contributed by atoms with Gasteiger partial charge in [-0.2, -0.15) is 13.2 Å². The Morgan fingerprint density at radius 3 is 2.12 bits per heavy atom. The van der Waals surface area contributed by atoms with Crippen LogP contribution in [0.5, 0.6) is 0 Å². The Bertz CT molecular complexity index is 660. The van der Waals surface area contributed by atoms with E-state index >= 15 is 0 Å². The molecule has 1 amide bonds. The number of carboxylic acids is 1. The summed E-state index contributed by atoms with van der Waals surface area (Å²) in [6, 6.07) is 4.58. The van der Waals surface area contributed by atoms with Crippen LogP contribution in [0.1, 0.15) is 57.9 Å². The number of hydrogen-bond acceptors (Lipinski definition) is 2. The van der Waals surface area contributed by atoms with Crippen LogP contribution in [-0.2, 0) is 0 Å². The zero-order valence-electron chi connectivity index (χ0n) is 13.0. The number of piperidine rings is 1. The minimum atomic E-state index is -4.22. The normalized spacial score (nSPS) is 19.4. The Labute approximate surface area is 137 Å². The molecule has 1 aromatic carbocycles. The second kappa shape index (κ2) is 6.11. The van der Waals surface area contributed by atoms with Gasteiger partial charge in [0, 0.05) is 18.7 Å². The van der Waals surface area contributed by atoms with Crippen LogP contribution in [0.4, 0.5) is 13.2 Å². The molecule has 0 radical (unpaired) electrons. The number of alkyl halides is 3. The number of benzene rings is 1. The number of hydrogen-bond donors (Lipinski definition) is 1. The maximum Gasteiger partial charge on any atom is 0.391 e. The maximum atomic E-state index is 12.7. The van der Waals surface area contributed by atoms with Crippen LogP contribution in [0.2, 0.25) is 0 Å². The average molecular weight is 341 g/mol. The monoisotopic (exact) mass is 341 g/mol. The highest BCUT2D eigenvalue weighted by atomic mass is 19.4. The minimum Gasteiger partial charge on any atom is -0.478 e. The molecule has 0 unspecified atom stereocenters. The van der Waals surface area contributed by atoms with Crippen LogP contribution in [0.25, 0.3) is 0 Å². The highest BCUT2D eigenvalue weighted by Crippen LogP contribution is 2.44. The molecule has 0 aromatic heterocycles. The first kappa shape index (κ1) is 16.8. The number of likely N-dealkylation sites (tertiary alicyclic amines) is 1. The van der Waals surface area contributed by atoms with E-state index in [1.165, 1.54) is 17.0 Å². The number of carbonyl (C=O) groups is 2. The van der Waals surface area contributed by atoms with Crippen molar-refractivity contribution in [1.82, 2.24) is 4.90 Å². The van der Waals surface area contributed by atoms with Gasteiger partial charge in [-0.3, -0.25) is 4.79 Å². The van der Waals surface area contributed by atoms with Gasteiger partial charge < -0.3 is 10.0 Å². The van der Waals surface area contributed by atoms with Crippen LogP contribution >= 0.6 is 0 Å². The summed E-state index contributed by atoms with van der Waals surface area (Å²) in [5.41, 5.74) is 0.976. The number of carbonyl (C=O) groups excluding carboxylic acids is 1. The topological polar surface area (TPSA) is 57.6 Å². The number of aromatic carboxylic acids is 1. The van der Waals surface area contributed by atoms with Gasteiger partial charge in [0.15, 0.2) is 0 Å². The SMILES string of the molecule is O=C(O)c1cccc(C(=O)N2CCC(C(F)(F)F)CC2)c1C1CC1. The van der Waals surface area contributed by atoms with Gasteiger partial charge in [-0.05, 0) is 49.3 Å². The van der Waals surface area contributed by atoms with E-state index in [0.717, 1.165) is 12.8 Å². The smallest absolute Gasteiger partial charge is 0.391 e. The summed E-state index contributed by atoms with van der Waals surface area (Å²) in [5.74, 6) is -2.75. The molecule has 0 spiro atoms. The Hall–Kier alpha value is -2.05. The van der Waals surface area contributed by atoms with Gasteiger partial charge in [0.1, 0.15) is 0 Å². The third kappa shape index (κ3) is 3.25. The Morgan fingerprint density at radius 2 is 1.62 bits per heavy atom. The third-order valence-corrected chi connectivity index (χ3v) is 4.80. The molecule has 2 fully saturated rings. The zero-order valence-corrected chi connectivity index (χ0v) is 13.0. The quantitative estimate of drug-likeness (QED) is 0.912. The summed E-state index contributed by atoms with van der Waals surface area (Å²) in [5, 5.41) is 9.33. The second-order valence-corrected chi connectivity index (χ2v) is 6.45. The molecule has 24 heavy (non-hydrogen) atoms. The number of halogens is 3. The average Bonchev–Trinajstić information content (AvgIpc) is 3.37. The van der Waals surface area contributed by atoms with E-state index in [1.54, 1.807) is 6.07 Å². The summed E-state index contributed by atoms with van der Waals surface area (Å²) >= 11 is 0. The molecule has 1 N–H and O–H groups in total. The van der Waals surface area contributed by atoms with E-state index in [9.17, 15) is 27.9 Å². The van der Waals surface area contributed by atoms with Gasteiger partial charge in [-0.1, -0.05) is 6.07 Å². The number of amides is 1. The fourth-order valence-corrected chi connectivity index (χ4v) is 3.33. The highest BCUT2D eigenvalue weighted by Gasteiger charge is 2.42. The first-order chi connectivity index (χ1) is 11.3.